The fourth-order valence-corrected chi connectivity index (χ4v) is 1.87. The molecule has 1 rings (SSSR count). The Labute approximate surface area is 101 Å². The molecule has 0 aliphatic carbocycles. The molecule has 2 nitrogen and oxygen atoms in total. The zero-order valence-corrected chi connectivity index (χ0v) is 10.5. The van der Waals surface area contributed by atoms with Crippen LogP contribution in [0.15, 0.2) is 18.2 Å². The van der Waals surface area contributed by atoms with Gasteiger partial charge in [-0.15, -0.1) is 0 Å². The van der Waals surface area contributed by atoms with E-state index >= 15 is 0 Å². The minimum atomic E-state index is -0.236. The molecular formula is C13H15ClO2. The van der Waals surface area contributed by atoms with Crippen LogP contribution in [-0.4, -0.2) is 13.1 Å². The molecule has 0 radical (unpaired) electrons. The van der Waals surface area contributed by atoms with E-state index in [0.29, 0.717) is 0 Å². The largest absolute Gasteiger partial charge is 0.469 e. The predicted molar refractivity (Wildman–Crippen MR) is 66.6 cm³/mol. The maximum absolute atomic E-state index is 10.9. The Balaban J connectivity index is 2.85. The number of carbonyl (C=O) groups is 1. The fourth-order valence-electron chi connectivity index (χ4n) is 1.54. The maximum atomic E-state index is 10.9. The lowest BCUT2D eigenvalue weighted by Crippen LogP contribution is -1.96. The summed E-state index contributed by atoms with van der Waals surface area (Å²) in [6.45, 7) is 3.99. The van der Waals surface area contributed by atoms with Crippen LogP contribution in [0.2, 0.25) is 5.02 Å². The van der Waals surface area contributed by atoms with E-state index in [0.717, 1.165) is 21.7 Å². The highest BCUT2D eigenvalue weighted by Crippen LogP contribution is 2.21. The Morgan fingerprint density at radius 1 is 1.38 bits per heavy atom. The van der Waals surface area contributed by atoms with Gasteiger partial charge in [-0.1, -0.05) is 23.8 Å². The van der Waals surface area contributed by atoms with Gasteiger partial charge in [-0.3, -0.25) is 4.79 Å². The molecule has 3 heteroatoms. The van der Waals surface area contributed by atoms with Crippen LogP contribution in [-0.2, 0) is 9.53 Å². The second-order valence-electron chi connectivity index (χ2n) is 3.64. The molecule has 86 valence electrons. The van der Waals surface area contributed by atoms with Crippen molar-refractivity contribution in [2.75, 3.05) is 7.11 Å². The molecule has 0 aliphatic rings. The molecule has 0 aliphatic heterocycles. The van der Waals surface area contributed by atoms with E-state index in [1.165, 1.54) is 7.11 Å². The van der Waals surface area contributed by atoms with E-state index in [9.17, 15) is 4.79 Å². The smallest absolute Gasteiger partial charge is 0.309 e. The molecule has 0 heterocycles. The van der Waals surface area contributed by atoms with Gasteiger partial charge in [0.25, 0.3) is 0 Å². The van der Waals surface area contributed by atoms with Gasteiger partial charge in [-0.2, -0.15) is 0 Å². The predicted octanol–water partition coefficient (Wildman–Crippen LogP) is 3.53. The van der Waals surface area contributed by atoms with E-state index in [4.69, 9.17) is 11.6 Å². The van der Waals surface area contributed by atoms with E-state index in [-0.39, 0.29) is 12.4 Å². The van der Waals surface area contributed by atoms with E-state index in [1.807, 2.05) is 32.1 Å². The highest BCUT2D eigenvalue weighted by Gasteiger charge is 2.01. The number of halogens is 1. The van der Waals surface area contributed by atoms with Gasteiger partial charge >= 0.3 is 5.97 Å². The highest BCUT2D eigenvalue weighted by atomic mass is 35.5. The van der Waals surface area contributed by atoms with Crippen molar-refractivity contribution in [3.05, 3.63) is 39.9 Å². The van der Waals surface area contributed by atoms with Gasteiger partial charge < -0.3 is 4.74 Å². The standard InChI is InChI=1S/C13H15ClO2/c1-9-7-11(14)8-10(2)12(9)5-4-6-13(15)16-3/h4-5,7-8H,6H2,1-3H3. The Bertz CT molecular complexity index is 399. The monoisotopic (exact) mass is 238 g/mol. The molecule has 0 saturated carbocycles. The zero-order valence-electron chi connectivity index (χ0n) is 9.71. The third kappa shape index (κ3) is 3.38. The van der Waals surface area contributed by atoms with Gasteiger partial charge in [0.1, 0.15) is 0 Å². The van der Waals surface area contributed by atoms with Crippen molar-refractivity contribution in [1.29, 1.82) is 0 Å². The second kappa shape index (κ2) is 5.71. The molecule has 0 unspecified atom stereocenters. The first kappa shape index (κ1) is 12.8. The van der Waals surface area contributed by atoms with E-state index in [1.54, 1.807) is 6.08 Å². The second-order valence-corrected chi connectivity index (χ2v) is 4.07. The summed E-state index contributed by atoms with van der Waals surface area (Å²) in [5, 5.41) is 0.736. The topological polar surface area (TPSA) is 26.3 Å². The number of esters is 1. The molecule has 16 heavy (non-hydrogen) atoms. The number of ether oxygens (including phenoxy) is 1. The SMILES string of the molecule is COC(=O)CC=Cc1c(C)cc(Cl)cc1C. The number of benzene rings is 1. The highest BCUT2D eigenvalue weighted by molar-refractivity contribution is 6.30. The molecule has 1 aromatic carbocycles. The summed E-state index contributed by atoms with van der Waals surface area (Å²) < 4.78 is 4.56. The van der Waals surface area contributed by atoms with E-state index in [2.05, 4.69) is 4.74 Å². The van der Waals surface area contributed by atoms with Crippen LogP contribution in [0.5, 0.6) is 0 Å². The Hall–Kier alpha value is -1.28. The van der Waals surface area contributed by atoms with Crippen molar-refractivity contribution >= 4 is 23.6 Å². The third-order valence-electron chi connectivity index (χ3n) is 2.36. The van der Waals surface area contributed by atoms with Crippen LogP contribution < -0.4 is 0 Å². The van der Waals surface area contributed by atoms with Crippen molar-refractivity contribution in [3.63, 3.8) is 0 Å². The quantitative estimate of drug-likeness (QED) is 0.753. The fraction of sp³-hybridized carbons (Fsp3) is 0.308. The molecule has 0 atom stereocenters. The minimum Gasteiger partial charge on any atom is -0.469 e. The molecule has 0 saturated heterocycles. The Morgan fingerprint density at radius 2 is 1.94 bits per heavy atom. The average molecular weight is 239 g/mol. The summed E-state index contributed by atoms with van der Waals surface area (Å²) in [6.07, 6.45) is 4.02. The molecule has 0 N–H and O–H groups in total. The molecular weight excluding hydrogens is 224 g/mol. The van der Waals surface area contributed by atoms with Crippen LogP contribution in [0, 0.1) is 13.8 Å². The normalized spacial score (nSPS) is 10.8. The first-order valence-corrected chi connectivity index (χ1v) is 5.42. The summed E-state index contributed by atoms with van der Waals surface area (Å²) in [5.74, 6) is -0.236. The average Bonchev–Trinajstić information content (AvgIpc) is 2.21. The molecule has 0 aromatic heterocycles. The summed E-state index contributed by atoms with van der Waals surface area (Å²) >= 11 is 5.93. The lowest BCUT2D eigenvalue weighted by molar-refractivity contribution is -0.139. The summed E-state index contributed by atoms with van der Waals surface area (Å²) in [6, 6.07) is 3.82. The van der Waals surface area contributed by atoms with E-state index < -0.39 is 0 Å². The van der Waals surface area contributed by atoms with Crippen LogP contribution >= 0.6 is 11.6 Å². The maximum Gasteiger partial charge on any atom is 0.309 e. The van der Waals surface area contributed by atoms with Gasteiger partial charge in [0, 0.05) is 5.02 Å². The Kier molecular flexibility index (Phi) is 4.56. The Morgan fingerprint density at radius 3 is 2.44 bits per heavy atom. The van der Waals surface area contributed by atoms with Crippen molar-refractivity contribution in [2.24, 2.45) is 0 Å². The molecule has 0 bridgehead atoms. The van der Waals surface area contributed by atoms with Gasteiger partial charge in [-0.05, 0) is 42.7 Å². The van der Waals surface area contributed by atoms with Crippen LogP contribution in [0.1, 0.15) is 23.1 Å². The third-order valence-corrected chi connectivity index (χ3v) is 2.57. The zero-order chi connectivity index (χ0) is 12.1. The van der Waals surface area contributed by atoms with Crippen molar-refractivity contribution in [3.8, 4) is 0 Å². The van der Waals surface area contributed by atoms with Gasteiger partial charge in [0.05, 0.1) is 13.5 Å². The summed E-state index contributed by atoms with van der Waals surface area (Å²) in [4.78, 5) is 10.9. The first-order chi connectivity index (χ1) is 7.54. The van der Waals surface area contributed by atoms with Crippen LogP contribution in [0.3, 0.4) is 0 Å². The van der Waals surface area contributed by atoms with Crippen molar-refractivity contribution in [2.45, 2.75) is 20.3 Å². The van der Waals surface area contributed by atoms with Gasteiger partial charge in [-0.25, -0.2) is 0 Å². The van der Waals surface area contributed by atoms with Gasteiger partial charge in [0.2, 0.25) is 0 Å². The number of rotatable bonds is 3. The first-order valence-electron chi connectivity index (χ1n) is 5.04. The van der Waals surface area contributed by atoms with Crippen LogP contribution in [0.4, 0.5) is 0 Å². The van der Waals surface area contributed by atoms with Crippen molar-refractivity contribution in [1.82, 2.24) is 0 Å². The number of carbonyl (C=O) groups excluding carboxylic acids is 1. The lowest BCUT2D eigenvalue weighted by Gasteiger charge is -2.05. The molecule has 0 amide bonds. The van der Waals surface area contributed by atoms with Crippen molar-refractivity contribution < 1.29 is 9.53 Å². The number of hydrogen-bond donors (Lipinski definition) is 0. The number of hydrogen-bond acceptors (Lipinski definition) is 2. The molecule has 1 aromatic rings. The minimum absolute atomic E-state index is 0.236. The van der Waals surface area contributed by atoms with Gasteiger partial charge in [0.15, 0.2) is 0 Å². The molecule has 0 fully saturated rings. The summed E-state index contributed by atoms with van der Waals surface area (Å²) in [7, 11) is 1.38. The summed E-state index contributed by atoms with van der Waals surface area (Å²) in [5.41, 5.74) is 3.31. The molecule has 0 spiro atoms. The number of aryl methyl sites for hydroxylation is 2. The van der Waals surface area contributed by atoms with Crippen LogP contribution in [0.25, 0.3) is 6.08 Å². The number of methoxy groups -OCH3 is 1. The lowest BCUT2D eigenvalue weighted by atomic mass is 10.0.